The fraction of sp³-hybridized carbons (Fsp3) is 0.333. The summed E-state index contributed by atoms with van der Waals surface area (Å²) in [5.74, 6) is 0. The molecule has 0 fully saturated rings. The maximum absolute atomic E-state index is 5.74. The van der Waals surface area contributed by atoms with Crippen LogP contribution in [0.1, 0.15) is 19.8 Å². The van der Waals surface area contributed by atoms with E-state index >= 15 is 0 Å². The Labute approximate surface area is 61.9 Å². The van der Waals surface area contributed by atoms with Gasteiger partial charge >= 0.3 is 0 Å². The number of hydrogen-bond acceptors (Lipinski definition) is 1. The summed E-state index contributed by atoms with van der Waals surface area (Å²) in [5, 5.41) is 0. The van der Waals surface area contributed by atoms with Crippen LogP contribution in [0.15, 0.2) is 35.6 Å². The monoisotopic (exact) mass is 135 g/mol. The van der Waals surface area contributed by atoms with E-state index in [9.17, 15) is 0 Å². The van der Waals surface area contributed by atoms with Crippen molar-refractivity contribution >= 4 is 0 Å². The number of rotatable bonds is 1. The molecule has 0 aliphatic heterocycles. The van der Waals surface area contributed by atoms with Crippen molar-refractivity contribution in [3.63, 3.8) is 0 Å². The van der Waals surface area contributed by atoms with Gasteiger partial charge in [-0.3, -0.25) is 0 Å². The minimum absolute atomic E-state index is 0.938. The van der Waals surface area contributed by atoms with E-state index in [1.165, 1.54) is 5.57 Å². The topological polar surface area (TPSA) is 26.0 Å². The molecule has 0 saturated heterocycles. The minimum Gasteiger partial charge on any atom is -0.399 e. The van der Waals surface area contributed by atoms with E-state index in [1.807, 2.05) is 18.2 Å². The molecular weight excluding hydrogens is 122 g/mol. The van der Waals surface area contributed by atoms with E-state index in [2.05, 4.69) is 13.0 Å². The Hall–Kier alpha value is -0.980. The first-order valence-electron chi connectivity index (χ1n) is 3.65. The van der Waals surface area contributed by atoms with E-state index in [1.54, 1.807) is 0 Å². The number of hydrogen-bond donors (Lipinski definition) is 1. The molecular formula is C9H13N. The van der Waals surface area contributed by atoms with Gasteiger partial charge in [0.05, 0.1) is 0 Å². The third-order valence-electron chi connectivity index (χ3n) is 1.72. The summed E-state index contributed by atoms with van der Waals surface area (Å²) < 4.78 is 0. The van der Waals surface area contributed by atoms with E-state index < -0.39 is 0 Å². The first-order chi connectivity index (χ1) is 4.84. The standard InChI is InChI=1S/C9H13N/c1-2-8-6-4-3-5-7-9(8)10/h3-5,7H,2,6,10H2,1H3. The van der Waals surface area contributed by atoms with Crippen LogP contribution in [0.5, 0.6) is 0 Å². The van der Waals surface area contributed by atoms with Crippen LogP contribution in [0.25, 0.3) is 0 Å². The Morgan fingerprint density at radius 3 is 3.00 bits per heavy atom. The van der Waals surface area contributed by atoms with Gasteiger partial charge in [-0.05, 0) is 24.5 Å². The second-order valence-corrected chi connectivity index (χ2v) is 2.40. The minimum atomic E-state index is 0.938. The highest BCUT2D eigenvalue weighted by Crippen LogP contribution is 2.13. The molecule has 10 heavy (non-hydrogen) atoms. The predicted molar refractivity (Wildman–Crippen MR) is 44.4 cm³/mol. The Balaban J connectivity index is 2.82. The summed E-state index contributed by atoms with van der Waals surface area (Å²) >= 11 is 0. The fourth-order valence-corrected chi connectivity index (χ4v) is 1.03. The molecule has 0 radical (unpaired) electrons. The van der Waals surface area contributed by atoms with E-state index in [-0.39, 0.29) is 0 Å². The molecule has 0 bridgehead atoms. The van der Waals surface area contributed by atoms with Crippen LogP contribution in [0.2, 0.25) is 0 Å². The lowest BCUT2D eigenvalue weighted by atomic mass is 10.1. The highest BCUT2D eigenvalue weighted by molar-refractivity contribution is 5.29. The van der Waals surface area contributed by atoms with Crippen LogP contribution >= 0.6 is 0 Å². The smallest absolute Gasteiger partial charge is 0.0308 e. The van der Waals surface area contributed by atoms with Gasteiger partial charge in [0.2, 0.25) is 0 Å². The summed E-state index contributed by atoms with van der Waals surface area (Å²) in [7, 11) is 0. The molecule has 2 N–H and O–H groups in total. The van der Waals surface area contributed by atoms with Crippen molar-refractivity contribution in [2.75, 3.05) is 0 Å². The molecule has 0 heterocycles. The first-order valence-corrected chi connectivity index (χ1v) is 3.65. The summed E-state index contributed by atoms with van der Waals surface area (Å²) in [5.41, 5.74) is 8.02. The van der Waals surface area contributed by atoms with Gasteiger partial charge < -0.3 is 5.73 Å². The van der Waals surface area contributed by atoms with Crippen LogP contribution < -0.4 is 5.73 Å². The maximum atomic E-state index is 5.74. The van der Waals surface area contributed by atoms with Crippen molar-refractivity contribution in [2.24, 2.45) is 5.73 Å². The van der Waals surface area contributed by atoms with Crippen molar-refractivity contribution in [3.05, 3.63) is 35.6 Å². The SMILES string of the molecule is CCC1=C(N)C=CC=CC1. The predicted octanol–water partition coefficient (Wildman–Crippen LogP) is 2.13. The molecule has 0 aromatic heterocycles. The molecule has 0 saturated carbocycles. The lowest BCUT2D eigenvalue weighted by molar-refractivity contribution is 1.00. The average molecular weight is 135 g/mol. The van der Waals surface area contributed by atoms with Crippen LogP contribution in [-0.4, -0.2) is 0 Å². The van der Waals surface area contributed by atoms with Gasteiger partial charge in [-0.15, -0.1) is 0 Å². The van der Waals surface area contributed by atoms with Crippen LogP contribution in [0.4, 0.5) is 0 Å². The Morgan fingerprint density at radius 2 is 2.30 bits per heavy atom. The zero-order chi connectivity index (χ0) is 7.40. The molecule has 0 aromatic rings. The highest BCUT2D eigenvalue weighted by atomic mass is 14.6. The molecule has 54 valence electrons. The van der Waals surface area contributed by atoms with Crippen molar-refractivity contribution in [1.82, 2.24) is 0 Å². The molecule has 0 unspecified atom stereocenters. The number of allylic oxidation sites excluding steroid dienone is 5. The molecule has 1 nitrogen and oxygen atoms in total. The summed E-state index contributed by atoms with van der Waals surface area (Å²) in [4.78, 5) is 0. The average Bonchev–Trinajstić information content (AvgIpc) is 2.13. The van der Waals surface area contributed by atoms with Crippen LogP contribution in [0.3, 0.4) is 0 Å². The molecule has 0 amide bonds. The van der Waals surface area contributed by atoms with Gasteiger partial charge in [0.1, 0.15) is 0 Å². The molecule has 1 aliphatic rings. The zero-order valence-electron chi connectivity index (χ0n) is 6.30. The summed E-state index contributed by atoms with van der Waals surface area (Å²) in [6, 6.07) is 0. The quantitative estimate of drug-likeness (QED) is 0.585. The molecule has 1 rings (SSSR count). The van der Waals surface area contributed by atoms with Crippen molar-refractivity contribution in [1.29, 1.82) is 0 Å². The molecule has 1 aliphatic carbocycles. The Kier molecular flexibility index (Phi) is 2.32. The van der Waals surface area contributed by atoms with Gasteiger partial charge in [0.25, 0.3) is 0 Å². The molecule has 0 atom stereocenters. The largest absolute Gasteiger partial charge is 0.399 e. The lowest BCUT2D eigenvalue weighted by Gasteiger charge is -2.01. The Morgan fingerprint density at radius 1 is 1.50 bits per heavy atom. The fourth-order valence-electron chi connectivity index (χ4n) is 1.03. The van der Waals surface area contributed by atoms with E-state index in [4.69, 9.17) is 5.73 Å². The maximum Gasteiger partial charge on any atom is 0.0308 e. The Bertz CT molecular complexity index is 197. The van der Waals surface area contributed by atoms with Crippen LogP contribution in [-0.2, 0) is 0 Å². The number of nitrogens with two attached hydrogens (primary N) is 1. The zero-order valence-corrected chi connectivity index (χ0v) is 6.30. The van der Waals surface area contributed by atoms with Gasteiger partial charge in [-0.1, -0.05) is 25.2 Å². The second kappa shape index (κ2) is 3.25. The van der Waals surface area contributed by atoms with Crippen molar-refractivity contribution in [3.8, 4) is 0 Å². The summed E-state index contributed by atoms with van der Waals surface area (Å²) in [6.07, 6.45) is 10.2. The molecule has 0 aromatic carbocycles. The third-order valence-corrected chi connectivity index (χ3v) is 1.72. The molecule has 1 heteroatoms. The lowest BCUT2D eigenvalue weighted by Crippen LogP contribution is -1.97. The van der Waals surface area contributed by atoms with Crippen molar-refractivity contribution < 1.29 is 0 Å². The van der Waals surface area contributed by atoms with Gasteiger partial charge in [-0.25, -0.2) is 0 Å². The van der Waals surface area contributed by atoms with Gasteiger partial charge in [0, 0.05) is 5.70 Å². The summed E-state index contributed by atoms with van der Waals surface area (Å²) in [6.45, 7) is 2.13. The first kappa shape index (κ1) is 7.13. The van der Waals surface area contributed by atoms with Crippen LogP contribution in [0, 0.1) is 0 Å². The van der Waals surface area contributed by atoms with Gasteiger partial charge in [-0.2, -0.15) is 0 Å². The second-order valence-electron chi connectivity index (χ2n) is 2.40. The normalized spacial score (nSPS) is 17.7. The highest BCUT2D eigenvalue weighted by Gasteiger charge is 1.97. The van der Waals surface area contributed by atoms with Crippen molar-refractivity contribution in [2.45, 2.75) is 19.8 Å². The van der Waals surface area contributed by atoms with Gasteiger partial charge in [0.15, 0.2) is 0 Å². The van der Waals surface area contributed by atoms with E-state index in [0.29, 0.717) is 0 Å². The molecule has 0 spiro atoms. The third kappa shape index (κ3) is 1.50. The van der Waals surface area contributed by atoms with E-state index in [0.717, 1.165) is 18.5 Å².